The van der Waals surface area contributed by atoms with E-state index in [4.69, 9.17) is 10.5 Å². The molecule has 8 heteroatoms. The molecule has 1 fully saturated rings. The molecule has 1 aliphatic heterocycles. The second-order valence-electron chi connectivity index (χ2n) is 8.12. The van der Waals surface area contributed by atoms with E-state index in [0.29, 0.717) is 37.6 Å². The number of ether oxygens (including phenoxy) is 1. The van der Waals surface area contributed by atoms with E-state index in [1.165, 1.54) is 0 Å². The molecule has 3 N–H and O–H groups in total. The van der Waals surface area contributed by atoms with Gasteiger partial charge in [-0.05, 0) is 51.8 Å². The summed E-state index contributed by atoms with van der Waals surface area (Å²) in [5.74, 6) is -0.680. The van der Waals surface area contributed by atoms with Crippen molar-refractivity contribution < 1.29 is 19.1 Å². The van der Waals surface area contributed by atoms with Gasteiger partial charge in [0.25, 0.3) is 0 Å². The maximum Gasteiger partial charge on any atom is 0.410 e. The normalized spacial score (nSPS) is 14.6. The van der Waals surface area contributed by atoms with E-state index in [1.807, 2.05) is 40.7 Å². The highest BCUT2D eigenvalue weighted by molar-refractivity contribution is 6.05. The average molecular weight is 390 g/mol. The van der Waals surface area contributed by atoms with Crippen LogP contribution >= 0.6 is 0 Å². The number of nitrogens with two attached hydrogens (primary N) is 1. The van der Waals surface area contributed by atoms with Crippen LogP contribution in [0.5, 0.6) is 0 Å². The van der Waals surface area contributed by atoms with Crippen LogP contribution in [0.15, 0.2) is 12.1 Å². The van der Waals surface area contributed by atoms with E-state index in [2.05, 4.69) is 5.32 Å². The standard InChI is InChI=1S/C20H30N4O4/c1-13-10-14(2)18(21)15(11-13)22-16(25)12-17(26)23-6-8-24(9-7-23)19(27)28-20(3,4)5/h10-11H,6-9,12,21H2,1-5H3,(H,22,25). The van der Waals surface area contributed by atoms with E-state index in [0.717, 1.165) is 11.1 Å². The van der Waals surface area contributed by atoms with Gasteiger partial charge in [-0.3, -0.25) is 9.59 Å². The largest absolute Gasteiger partial charge is 0.444 e. The van der Waals surface area contributed by atoms with Gasteiger partial charge in [0.2, 0.25) is 11.8 Å². The van der Waals surface area contributed by atoms with Crippen LogP contribution in [0.4, 0.5) is 16.2 Å². The van der Waals surface area contributed by atoms with Crippen molar-refractivity contribution in [1.82, 2.24) is 9.80 Å². The zero-order valence-corrected chi connectivity index (χ0v) is 17.3. The van der Waals surface area contributed by atoms with E-state index in [-0.39, 0.29) is 18.4 Å². The molecule has 1 heterocycles. The topological polar surface area (TPSA) is 105 Å². The van der Waals surface area contributed by atoms with E-state index in [9.17, 15) is 14.4 Å². The number of carbonyl (C=O) groups excluding carboxylic acids is 3. The lowest BCUT2D eigenvalue weighted by Gasteiger charge is -2.35. The SMILES string of the molecule is Cc1cc(C)c(N)c(NC(=O)CC(=O)N2CCN(C(=O)OC(C)(C)C)CC2)c1. The van der Waals surface area contributed by atoms with Crippen LogP contribution < -0.4 is 11.1 Å². The Hall–Kier alpha value is -2.77. The molecule has 0 atom stereocenters. The molecular formula is C20H30N4O4. The fraction of sp³-hybridized carbons (Fsp3) is 0.550. The van der Waals surface area contributed by atoms with Crippen LogP contribution in [-0.4, -0.2) is 59.5 Å². The Balaban J connectivity index is 1.86. The lowest BCUT2D eigenvalue weighted by Crippen LogP contribution is -2.52. The molecule has 0 bridgehead atoms. The highest BCUT2D eigenvalue weighted by Crippen LogP contribution is 2.24. The minimum atomic E-state index is -0.557. The molecule has 28 heavy (non-hydrogen) atoms. The highest BCUT2D eigenvalue weighted by atomic mass is 16.6. The molecular weight excluding hydrogens is 360 g/mol. The summed E-state index contributed by atoms with van der Waals surface area (Å²) in [6.45, 7) is 10.7. The molecule has 2 rings (SSSR count). The van der Waals surface area contributed by atoms with E-state index in [1.54, 1.807) is 15.9 Å². The van der Waals surface area contributed by atoms with Crippen LogP contribution in [-0.2, 0) is 14.3 Å². The first kappa shape index (κ1) is 21.5. The van der Waals surface area contributed by atoms with Crippen LogP contribution in [0, 0.1) is 13.8 Å². The van der Waals surface area contributed by atoms with Gasteiger partial charge >= 0.3 is 6.09 Å². The molecule has 1 aromatic rings. The first-order valence-electron chi connectivity index (χ1n) is 9.38. The number of benzene rings is 1. The summed E-state index contributed by atoms with van der Waals surface area (Å²) in [4.78, 5) is 39.9. The van der Waals surface area contributed by atoms with Crippen molar-refractivity contribution in [2.75, 3.05) is 37.2 Å². The predicted molar refractivity (Wildman–Crippen MR) is 108 cm³/mol. The Bertz CT molecular complexity index is 762. The Kier molecular flexibility index (Phi) is 6.53. The number of aryl methyl sites for hydroxylation is 2. The molecule has 3 amide bonds. The van der Waals surface area contributed by atoms with E-state index >= 15 is 0 Å². The number of piperazine rings is 1. The minimum Gasteiger partial charge on any atom is -0.444 e. The van der Waals surface area contributed by atoms with Crippen molar-refractivity contribution >= 4 is 29.3 Å². The molecule has 0 unspecified atom stereocenters. The smallest absolute Gasteiger partial charge is 0.410 e. The average Bonchev–Trinajstić information content (AvgIpc) is 2.57. The van der Waals surface area contributed by atoms with Crippen LogP contribution in [0.3, 0.4) is 0 Å². The Morgan fingerprint density at radius 3 is 2.21 bits per heavy atom. The molecule has 0 aliphatic carbocycles. The van der Waals surface area contributed by atoms with Crippen molar-refractivity contribution in [2.45, 2.75) is 46.6 Å². The lowest BCUT2D eigenvalue weighted by molar-refractivity contribution is -0.136. The highest BCUT2D eigenvalue weighted by Gasteiger charge is 2.28. The number of amides is 3. The van der Waals surface area contributed by atoms with Gasteiger partial charge in [0, 0.05) is 26.2 Å². The van der Waals surface area contributed by atoms with Gasteiger partial charge in [0.15, 0.2) is 0 Å². The van der Waals surface area contributed by atoms with Crippen molar-refractivity contribution in [1.29, 1.82) is 0 Å². The molecule has 1 aromatic carbocycles. The molecule has 1 saturated heterocycles. The van der Waals surface area contributed by atoms with Gasteiger partial charge in [0.05, 0.1) is 11.4 Å². The van der Waals surface area contributed by atoms with E-state index < -0.39 is 11.5 Å². The van der Waals surface area contributed by atoms with Crippen LogP contribution in [0.2, 0.25) is 0 Å². The third-order valence-electron chi connectivity index (χ3n) is 4.40. The maximum absolute atomic E-state index is 12.4. The lowest BCUT2D eigenvalue weighted by atomic mass is 10.1. The Labute approximate surface area is 166 Å². The second-order valence-corrected chi connectivity index (χ2v) is 8.12. The van der Waals surface area contributed by atoms with Crippen molar-refractivity contribution in [3.05, 3.63) is 23.3 Å². The second kappa shape index (κ2) is 8.50. The van der Waals surface area contributed by atoms with Crippen LogP contribution in [0.25, 0.3) is 0 Å². The Morgan fingerprint density at radius 1 is 1.07 bits per heavy atom. The van der Waals surface area contributed by atoms with Crippen molar-refractivity contribution in [3.63, 3.8) is 0 Å². The summed E-state index contributed by atoms with van der Waals surface area (Å²) < 4.78 is 5.34. The summed E-state index contributed by atoms with van der Waals surface area (Å²) >= 11 is 0. The van der Waals surface area contributed by atoms with Gasteiger partial charge < -0.3 is 25.6 Å². The fourth-order valence-corrected chi connectivity index (χ4v) is 2.99. The third-order valence-corrected chi connectivity index (χ3v) is 4.40. The van der Waals surface area contributed by atoms with Gasteiger partial charge in [-0.25, -0.2) is 4.79 Å². The summed E-state index contributed by atoms with van der Waals surface area (Å²) in [7, 11) is 0. The molecule has 8 nitrogen and oxygen atoms in total. The minimum absolute atomic E-state index is 0.265. The van der Waals surface area contributed by atoms with Gasteiger partial charge in [-0.15, -0.1) is 0 Å². The molecule has 0 aromatic heterocycles. The first-order chi connectivity index (χ1) is 13.0. The van der Waals surface area contributed by atoms with Crippen molar-refractivity contribution in [2.24, 2.45) is 0 Å². The fourth-order valence-electron chi connectivity index (χ4n) is 2.99. The number of carbonyl (C=O) groups is 3. The van der Waals surface area contributed by atoms with Gasteiger partial charge in [-0.2, -0.15) is 0 Å². The summed E-state index contributed by atoms with van der Waals surface area (Å²) in [5.41, 5.74) is 8.31. The zero-order chi connectivity index (χ0) is 21.1. The number of anilines is 2. The number of rotatable bonds is 3. The molecule has 154 valence electrons. The number of nitrogen functional groups attached to an aromatic ring is 1. The monoisotopic (exact) mass is 390 g/mol. The van der Waals surface area contributed by atoms with Gasteiger partial charge in [-0.1, -0.05) is 6.07 Å². The number of hydrogen-bond acceptors (Lipinski definition) is 5. The quantitative estimate of drug-likeness (QED) is 0.609. The number of nitrogens with one attached hydrogen (secondary N) is 1. The predicted octanol–water partition coefficient (Wildman–Crippen LogP) is 2.29. The number of hydrogen-bond donors (Lipinski definition) is 2. The summed E-state index contributed by atoms with van der Waals surface area (Å²) in [6.07, 6.45) is -0.651. The maximum atomic E-state index is 12.4. The first-order valence-corrected chi connectivity index (χ1v) is 9.38. The zero-order valence-electron chi connectivity index (χ0n) is 17.3. The Morgan fingerprint density at radius 2 is 1.64 bits per heavy atom. The van der Waals surface area contributed by atoms with Crippen LogP contribution in [0.1, 0.15) is 38.3 Å². The molecule has 0 radical (unpaired) electrons. The summed E-state index contributed by atoms with van der Waals surface area (Å²) in [5, 5.41) is 2.72. The molecule has 0 spiro atoms. The number of nitrogens with zero attached hydrogens (tertiary/aromatic N) is 2. The van der Waals surface area contributed by atoms with Crippen molar-refractivity contribution in [3.8, 4) is 0 Å². The summed E-state index contributed by atoms with van der Waals surface area (Å²) in [6, 6.07) is 3.71. The molecule has 1 aliphatic rings. The molecule has 0 saturated carbocycles. The van der Waals surface area contributed by atoms with Gasteiger partial charge in [0.1, 0.15) is 12.0 Å². The third kappa shape index (κ3) is 5.87.